The Bertz CT molecular complexity index is 688. The van der Waals surface area contributed by atoms with E-state index in [0.29, 0.717) is 11.8 Å². The molecule has 0 unspecified atom stereocenters. The molecule has 0 heterocycles. The predicted molar refractivity (Wildman–Crippen MR) is 110 cm³/mol. The van der Waals surface area contributed by atoms with Gasteiger partial charge in [-0.15, -0.1) is 0 Å². The fourth-order valence-electron chi connectivity index (χ4n) is 6.07. The molecule has 3 nitrogen and oxygen atoms in total. The van der Waals surface area contributed by atoms with Crippen LogP contribution in [0.25, 0.3) is 0 Å². The number of ether oxygens (including phenoxy) is 2. The van der Waals surface area contributed by atoms with E-state index in [1.54, 1.807) is 0 Å². The maximum atomic E-state index is 12.7. The minimum absolute atomic E-state index is 0.00682. The van der Waals surface area contributed by atoms with Gasteiger partial charge in [0.1, 0.15) is 23.9 Å². The molecule has 1 aromatic rings. The lowest BCUT2D eigenvalue weighted by Gasteiger charge is -2.59. The van der Waals surface area contributed by atoms with Gasteiger partial charge < -0.3 is 9.47 Å². The van der Waals surface area contributed by atoms with Gasteiger partial charge in [-0.3, -0.25) is 0 Å². The summed E-state index contributed by atoms with van der Waals surface area (Å²) in [6, 6.07) is 4.35. The fraction of sp³-hybridized carbons (Fsp3) is 0.696. The SMILES string of the molecule is Cc1cc([S+](C)C)cc(C)c1OCC(=O)OC1(C)C2CC3CC(C2)CC1C3. The van der Waals surface area contributed by atoms with Gasteiger partial charge in [-0.2, -0.15) is 0 Å². The van der Waals surface area contributed by atoms with Crippen LogP contribution in [0.5, 0.6) is 5.75 Å². The summed E-state index contributed by atoms with van der Waals surface area (Å²) >= 11 is 0. The molecule has 0 atom stereocenters. The maximum absolute atomic E-state index is 12.7. The molecule has 0 radical (unpaired) electrons. The molecule has 4 saturated carbocycles. The molecule has 4 bridgehead atoms. The van der Waals surface area contributed by atoms with Gasteiger partial charge in [0.15, 0.2) is 11.5 Å². The number of hydrogen-bond donors (Lipinski definition) is 0. The summed E-state index contributed by atoms with van der Waals surface area (Å²) in [6.45, 7) is 6.31. The highest BCUT2D eigenvalue weighted by atomic mass is 32.2. The summed E-state index contributed by atoms with van der Waals surface area (Å²) in [7, 11) is 0.220. The van der Waals surface area contributed by atoms with Gasteiger partial charge in [0.2, 0.25) is 0 Å². The molecule has 0 spiro atoms. The number of esters is 1. The average Bonchev–Trinajstić information content (AvgIpc) is 2.58. The third-order valence-corrected chi connectivity index (χ3v) is 8.51. The third-order valence-electron chi connectivity index (χ3n) is 7.33. The molecule has 1 aromatic carbocycles. The number of carbonyl (C=O) groups excluding carboxylic acids is 1. The lowest BCUT2D eigenvalue weighted by molar-refractivity contribution is -0.204. The fourth-order valence-corrected chi connectivity index (χ4v) is 6.89. The topological polar surface area (TPSA) is 35.5 Å². The molecule has 4 aliphatic carbocycles. The van der Waals surface area contributed by atoms with Crippen molar-refractivity contribution in [1.82, 2.24) is 0 Å². The number of rotatable bonds is 5. The first kappa shape index (κ1) is 19.2. The van der Waals surface area contributed by atoms with Crippen LogP contribution < -0.4 is 4.74 Å². The summed E-state index contributed by atoms with van der Waals surface area (Å²) in [5.74, 6) is 3.47. The molecule has 0 aromatic heterocycles. The zero-order valence-electron chi connectivity index (χ0n) is 17.3. The van der Waals surface area contributed by atoms with E-state index >= 15 is 0 Å². The van der Waals surface area contributed by atoms with Crippen LogP contribution in [0.2, 0.25) is 0 Å². The average molecular weight is 390 g/mol. The lowest BCUT2D eigenvalue weighted by Crippen LogP contribution is -2.58. The molecule has 0 saturated heterocycles. The van der Waals surface area contributed by atoms with E-state index in [0.717, 1.165) is 28.7 Å². The largest absolute Gasteiger partial charge is 0.481 e. The van der Waals surface area contributed by atoms with Crippen LogP contribution in [-0.2, 0) is 20.4 Å². The number of carbonyl (C=O) groups is 1. The molecule has 4 fully saturated rings. The van der Waals surface area contributed by atoms with Crippen molar-refractivity contribution in [3.8, 4) is 5.75 Å². The molecular formula is C23H33O3S+. The smallest absolute Gasteiger partial charge is 0.344 e. The second-order valence-electron chi connectivity index (χ2n) is 9.45. The Labute approximate surface area is 166 Å². The number of hydrogen-bond acceptors (Lipinski definition) is 3. The van der Waals surface area contributed by atoms with Crippen molar-refractivity contribution in [2.45, 2.75) is 63.4 Å². The number of aryl methyl sites for hydroxylation is 2. The van der Waals surface area contributed by atoms with Gasteiger partial charge in [0, 0.05) is 10.9 Å². The minimum atomic E-state index is -0.277. The van der Waals surface area contributed by atoms with Gasteiger partial charge in [0.25, 0.3) is 0 Å². The van der Waals surface area contributed by atoms with Gasteiger partial charge in [-0.05, 0) is 99.8 Å². The Morgan fingerprint density at radius 2 is 1.56 bits per heavy atom. The molecule has 4 heteroatoms. The van der Waals surface area contributed by atoms with Crippen LogP contribution in [0, 0.1) is 37.5 Å². The van der Waals surface area contributed by atoms with E-state index in [4.69, 9.17) is 9.47 Å². The van der Waals surface area contributed by atoms with E-state index in [2.05, 4.69) is 45.4 Å². The van der Waals surface area contributed by atoms with Crippen molar-refractivity contribution < 1.29 is 14.3 Å². The first-order valence-corrected chi connectivity index (χ1v) is 12.3. The van der Waals surface area contributed by atoms with Crippen LogP contribution >= 0.6 is 0 Å². The standard InChI is InChI=1S/C23H33O3S/c1-14-6-20(27(4)5)7-15(2)22(14)25-13-21(24)26-23(3)18-9-16-8-17(11-18)12-19(23)10-16/h6-7,16-19H,8-13H2,1-5H3/q+1. The van der Waals surface area contributed by atoms with E-state index < -0.39 is 0 Å². The van der Waals surface area contributed by atoms with Crippen LogP contribution in [0.3, 0.4) is 0 Å². The van der Waals surface area contributed by atoms with Crippen LogP contribution in [0.1, 0.15) is 50.2 Å². The Balaban J connectivity index is 1.41. The normalized spacial score (nSPS) is 34.1. The van der Waals surface area contributed by atoms with Crippen molar-refractivity contribution >= 4 is 16.9 Å². The Hall–Kier alpha value is -1.16. The third kappa shape index (κ3) is 3.50. The first-order chi connectivity index (χ1) is 12.8. The molecule has 148 valence electrons. The summed E-state index contributed by atoms with van der Waals surface area (Å²) in [5.41, 5.74) is 1.92. The van der Waals surface area contributed by atoms with E-state index in [-0.39, 0.29) is 29.1 Å². The Morgan fingerprint density at radius 1 is 1.04 bits per heavy atom. The molecule has 0 N–H and O–H groups in total. The van der Waals surface area contributed by atoms with Crippen molar-refractivity contribution in [3.63, 3.8) is 0 Å². The van der Waals surface area contributed by atoms with Gasteiger partial charge in [-0.25, -0.2) is 4.79 Å². The van der Waals surface area contributed by atoms with Crippen molar-refractivity contribution in [2.24, 2.45) is 23.7 Å². The number of benzene rings is 1. The zero-order valence-corrected chi connectivity index (χ0v) is 18.2. The van der Waals surface area contributed by atoms with E-state index in [9.17, 15) is 4.79 Å². The van der Waals surface area contributed by atoms with Gasteiger partial charge in [-0.1, -0.05) is 0 Å². The highest BCUT2D eigenvalue weighted by molar-refractivity contribution is 7.95. The van der Waals surface area contributed by atoms with Crippen LogP contribution in [0.15, 0.2) is 17.0 Å². The monoisotopic (exact) mass is 389 g/mol. The summed E-state index contributed by atoms with van der Waals surface area (Å²) < 4.78 is 12.0. The molecule has 5 rings (SSSR count). The van der Waals surface area contributed by atoms with Crippen molar-refractivity contribution in [3.05, 3.63) is 23.3 Å². The molecular weight excluding hydrogens is 356 g/mol. The first-order valence-electron chi connectivity index (χ1n) is 10.3. The van der Waals surface area contributed by atoms with Crippen molar-refractivity contribution in [1.29, 1.82) is 0 Å². The molecule has 0 amide bonds. The Kier molecular flexibility index (Phi) is 4.99. The summed E-state index contributed by atoms with van der Waals surface area (Å²) in [6.07, 6.45) is 10.8. The van der Waals surface area contributed by atoms with E-state index in [1.165, 1.54) is 37.0 Å². The van der Waals surface area contributed by atoms with Gasteiger partial charge in [0.05, 0.1) is 0 Å². The highest BCUT2D eigenvalue weighted by Gasteiger charge is 2.57. The summed E-state index contributed by atoms with van der Waals surface area (Å²) in [4.78, 5) is 14.0. The second-order valence-corrected chi connectivity index (χ2v) is 11.6. The molecule has 0 aliphatic heterocycles. The van der Waals surface area contributed by atoms with Gasteiger partial charge >= 0.3 is 5.97 Å². The summed E-state index contributed by atoms with van der Waals surface area (Å²) in [5, 5.41) is 0. The molecule has 4 aliphatic rings. The Morgan fingerprint density at radius 3 is 2.04 bits per heavy atom. The molecule has 27 heavy (non-hydrogen) atoms. The predicted octanol–water partition coefficient (Wildman–Crippen LogP) is 4.68. The van der Waals surface area contributed by atoms with Crippen molar-refractivity contribution in [2.75, 3.05) is 19.1 Å². The lowest BCUT2D eigenvalue weighted by atomic mass is 9.50. The maximum Gasteiger partial charge on any atom is 0.344 e. The zero-order chi connectivity index (χ0) is 19.3. The highest BCUT2D eigenvalue weighted by Crippen LogP contribution is 2.59. The van der Waals surface area contributed by atoms with E-state index in [1.807, 2.05) is 0 Å². The quantitative estimate of drug-likeness (QED) is 0.542. The van der Waals surface area contributed by atoms with Crippen LogP contribution in [0.4, 0.5) is 0 Å². The minimum Gasteiger partial charge on any atom is -0.481 e. The second kappa shape index (κ2) is 7.02. The van der Waals surface area contributed by atoms with Crippen LogP contribution in [-0.4, -0.2) is 30.7 Å².